The standard InChI is InChI=1S/C13H28N2O2/c1-6-8-14-12(13(16)17-5)7-9-15(4)10-11(2)3/h11-12,14H,6-10H2,1-5H3. The number of esters is 1. The van der Waals surface area contributed by atoms with E-state index in [0.29, 0.717) is 5.92 Å². The van der Waals surface area contributed by atoms with Crippen LogP contribution < -0.4 is 5.32 Å². The SMILES string of the molecule is CCCNC(CCN(C)CC(C)C)C(=O)OC. The highest BCUT2D eigenvalue weighted by Crippen LogP contribution is 2.01. The minimum atomic E-state index is -0.172. The first-order valence-electron chi connectivity index (χ1n) is 6.51. The average Bonchev–Trinajstić information content (AvgIpc) is 2.27. The Balaban J connectivity index is 4.01. The van der Waals surface area contributed by atoms with E-state index in [-0.39, 0.29) is 12.0 Å². The van der Waals surface area contributed by atoms with Crippen molar-refractivity contribution in [2.45, 2.75) is 39.7 Å². The predicted octanol–water partition coefficient (Wildman–Crippen LogP) is 1.51. The first-order valence-corrected chi connectivity index (χ1v) is 6.51. The summed E-state index contributed by atoms with van der Waals surface area (Å²) in [5, 5.41) is 3.23. The minimum absolute atomic E-state index is 0.156. The van der Waals surface area contributed by atoms with Gasteiger partial charge in [0.15, 0.2) is 0 Å². The van der Waals surface area contributed by atoms with Gasteiger partial charge in [-0.3, -0.25) is 4.79 Å². The third kappa shape index (κ3) is 8.16. The predicted molar refractivity (Wildman–Crippen MR) is 71.0 cm³/mol. The molecular weight excluding hydrogens is 216 g/mol. The van der Waals surface area contributed by atoms with E-state index in [4.69, 9.17) is 4.74 Å². The van der Waals surface area contributed by atoms with Gasteiger partial charge in [0.1, 0.15) is 6.04 Å². The maximum atomic E-state index is 11.5. The van der Waals surface area contributed by atoms with E-state index < -0.39 is 0 Å². The van der Waals surface area contributed by atoms with Gasteiger partial charge < -0.3 is 15.0 Å². The topological polar surface area (TPSA) is 41.6 Å². The Bertz CT molecular complexity index is 208. The number of ether oxygens (including phenoxy) is 1. The van der Waals surface area contributed by atoms with Crippen LogP contribution in [0.1, 0.15) is 33.6 Å². The second-order valence-electron chi connectivity index (χ2n) is 4.97. The zero-order chi connectivity index (χ0) is 13.3. The molecule has 0 aliphatic carbocycles. The van der Waals surface area contributed by atoms with Gasteiger partial charge in [0.2, 0.25) is 0 Å². The Kier molecular flexibility index (Phi) is 9.09. The van der Waals surface area contributed by atoms with Gasteiger partial charge in [-0.25, -0.2) is 0 Å². The lowest BCUT2D eigenvalue weighted by atomic mass is 10.1. The maximum Gasteiger partial charge on any atom is 0.322 e. The van der Waals surface area contributed by atoms with Gasteiger partial charge in [-0.15, -0.1) is 0 Å². The number of carbonyl (C=O) groups excluding carboxylic acids is 1. The van der Waals surface area contributed by atoms with Gasteiger partial charge in [-0.05, 0) is 38.9 Å². The Hall–Kier alpha value is -0.610. The molecule has 0 aliphatic rings. The molecule has 1 atom stereocenters. The molecule has 4 heteroatoms. The molecule has 0 radical (unpaired) electrons. The molecule has 0 bridgehead atoms. The fourth-order valence-corrected chi connectivity index (χ4v) is 1.83. The normalized spacial score (nSPS) is 13.1. The quantitative estimate of drug-likeness (QED) is 0.624. The zero-order valence-corrected chi connectivity index (χ0v) is 12.0. The van der Waals surface area contributed by atoms with E-state index >= 15 is 0 Å². The van der Waals surface area contributed by atoms with Gasteiger partial charge in [-0.1, -0.05) is 20.8 Å². The summed E-state index contributed by atoms with van der Waals surface area (Å²) in [5.41, 5.74) is 0. The Labute approximate surface area is 106 Å². The molecule has 102 valence electrons. The summed E-state index contributed by atoms with van der Waals surface area (Å²) < 4.78 is 4.80. The van der Waals surface area contributed by atoms with E-state index in [9.17, 15) is 4.79 Å². The highest BCUT2D eigenvalue weighted by molar-refractivity contribution is 5.75. The summed E-state index contributed by atoms with van der Waals surface area (Å²) in [4.78, 5) is 13.8. The van der Waals surface area contributed by atoms with Gasteiger partial charge in [0, 0.05) is 6.54 Å². The fraction of sp³-hybridized carbons (Fsp3) is 0.923. The van der Waals surface area contributed by atoms with Crippen molar-refractivity contribution >= 4 is 5.97 Å². The number of methoxy groups -OCH3 is 1. The van der Waals surface area contributed by atoms with Crippen LogP contribution in [0.25, 0.3) is 0 Å². The van der Waals surface area contributed by atoms with Crippen LogP contribution in [-0.4, -0.2) is 50.7 Å². The number of nitrogens with one attached hydrogen (secondary N) is 1. The van der Waals surface area contributed by atoms with Gasteiger partial charge in [0.25, 0.3) is 0 Å². The molecular formula is C13H28N2O2. The Morgan fingerprint density at radius 2 is 2.06 bits per heavy atom. The van der Waals surface area contributed by atoms with Crippen molar-refractivity contribution < 1.29 is 9.53 Å². The van der Waals surface area contributed by atoms with Crippen molar-refractivity contribution in [2.24, 2.45) is 5.92 Å². The van der Waals surface area contributed by atoms with Crippen molar-refractivity contribution in [1.29, 1.82) is 0 Å². The van der Waals surface area contributed by atoms with Gasteiger partial charge >= 0.3 is 5.97 Å². The monoisotopic (exact) mass is 244 g/mol. The lowest BCUT2D eigenvalue weighted by Gasteiger charge is -2.22. The van der Waals surface area contributed by atoms with E-state index in [2.05, 4.69) is 38.0 Å². The first-order chi connectivity index (χ1) is 8.01. The lowest BCUT2D eigenvalue weighted by molar-refractivity contribution is -0.143. The number of rotatable bonds is 9. The van der Waals surface area contributed by atoms with Crippen LogP contribution in [0.15, 0.2) is 0 Å². The molecule has 17 heavy (non-hydrogen) atoms. The number of carbonyl (C=O) groups is 1. The molecule has 0 saturated carbocycles. The van der Waals surface area contributed by atoms with E-state index in [0.717, 1.165) is 32.5 Å². The average molecular weight is 244 g/mol. The van der Waals surface area contributed by atoms with Gasteiger partial charge in [-0.2, -0.15) is 0 Å². The zero-order valence-electron chi connectivity index (χ0n) is 12.0. The van der Waals surface area contributed by atoms with Crippen molar-refractivity contribution in [3.63, 3.8) is 0 Å². The van der Waals surface area contributed by atoms with Crippen LogP contribution in [0, 0.1) is 5.92 Å². The summed E-state index contributed by atoms with van der Waals surface area (Å²) in [6.45, 7) is 9.31. The Morgan fingerprint density at radius 1 is 1.41 bits per heavy atom. The first kappa shape index (κ1) is 16.4. The van der Waals surface area contributed by atoms with Crippen molar-refractivity contribution in [1.82, 2.24) is 10.2 Å². The molecule has 0 fully saturated rings. The largest absolute Gasteiger partial charge is 0.468 e. The third-order valence-electron chi connectivity index (χ3n) is 2.60. The molecule has 0 aromatic heterocycles. The molecule has 1 unspecified atom stereocenters. The molecule has 0 aliphatic heterocycles. The van der Waals surface area contributed by atoms with Crippen molar-refractivity contribution in [3.05, 3.63) is 0 Å². The molecule has 0 rings (SSSR count). The van der Waals surface area contributed by atoms with Gasteiger partial charge in [0.05, 0.1) is 7.11 Å². The summed E-state index contributed by atoms with van der Waals surface area (Å²) in [5.74, 6) is 0.497. The molecule has 0 saturated heterocycles. The molecule has 0 amide bonds. The Morgan fingerprint density at radius 3 is 2.53 bits per heavy atom. The summed E-state index contributed by atoms with van der Waals surface area (Å²) in [7, 11) is 3.54. The summed E-state index contributed by atoms with van der Waals surface area (Å²) in [6.07, 6.45) is 1.82. The molecule has 0 aromatic carbocycles. The number of hydrogen-bond acceptors (Lipinski definition) is 4. The molecule has 0 heterocycles. The highest BCUT2D eigenvalue weighted by atomic mass is 16.5. The number of nitrogens with zero attached hydrogens (tertiary/aromatic N) is 1. The van der Waals surface area contributed by atoms with Crippen LogP contribution in [0.4, 0.5) is 0 Å². The molecule has 0 spiro atoms. The number of hydrogen-bond donors (Lipinski definition) is 1. The second kappa shape index (κ2) is 9.42. The smallest absolute Gasteiger partial charge is 0.322 e. The lowest BCUT2D eigenvalue weighted by Crippen LogP contribution is -2.40. The van der Waals surface area contributed by atoms with Crippen LogP contribution in [0.2, 0.25) is 0 Å². The van der Waals surface area contributed by atoms with Crippen LogP contribution in [0.3, 0.4) is 0 Å². The van der Waals surface area contributed by atoms with E-state index in [1.165, 1.54) is 7.11 Å². The van der Waals surface area contributed by atoms with E-state index in [1.54, 1.807) is 0 Å². The van der Waals surface area contributed by atoms with Crippen LogP contribution in [-0.2, 0) is 9.53 Å². The molecule has 0 aromatic rings. The highest BCUT2D eigenvalue weighted by Gasteiger charge is 2.18. The minimum Gasteiger partial charge on any atom is -0.468 e. The fourth-order valence-electron chi connectivity index (χ4n) is 1.83. The molecule has 4 nitrogen and oxygen atoms in total. The maximum absolute atomic E-state index is 11.5. The summed E-state index contributed by atoms with van der Waals surface area (Å²) in [6, 6.07) is -0.172. The third-order valence-corrected chi connectivity index (χ3v) is 2.60. The van der Waals surface area contributed by atoms with Crippen molar-refractivity contribution in [2.75, 3.05) is 33.8 Å². The summed E-state index contributed by atoms with van der Waals surface area (Å²) >= 11 is 0. The van der Waals surface area contributed by atoms with Crippen molar-refractivity contribution in [3.8, 4) is 0 Å². The van der Waals surface area contributed by atoms with E-state index in [1.807, 2.05) is 0 Å². The molecule has 1 N–H and O–H groups in total. The second-order valence-corrected chi connectivity index (χ2v) is 4.97. The van der Waals surface area contributed by atoms with Crippen LogP contribution >= 0.6 is 0 Å². The van der Waals surface area contributed by atoms with Crippen LogP contribution in [0.5, 0.6) is 0 Å².